The molecule has 1 heterocycles. The quantitative estimate of drug-likeness (QED) is 0.623. The molecule has 0 aliphatic carbocycles. The van der Waals surface area contributed by atoms with E-state index in [2.05, 4.69) is 12.2 Å². The molecule has 0 fully saturated rings. The molecular weight excluding hydrogens is 202 g/mol. The van der Waals surface area contributed by atoms with Gasteiger partial charge in [0.25, 0.3) is 0 Å². The second-order valence-electron chi connectivity index (χ2n) is 4.08. The second-order valence-corrected chi connectivity index (χ2v) is 4.08. The van der Waals surface area contributed by atoms with Crippen molar-refractivity contribution >= 4 is 5.97 Å². The standard InChI is InChI=1S/C13H17NO2/c1-2-3-6-16-13(15)10-4-5-11-8-14-9-12(11)7-10/h4-5,7,14H,2-3,6,8-9H2,1H3. The van der Waals surface area contributed by atoms with E-state index in [9.17, 15) is 4.79 Å². The normalized spacial score (nSPS) is 13.6. The van der Waals surface area contributed by atoms with Gasteiger partial charge in [-0.3, -0.25) is 0 Å². The lowest BCUT2D eigenvalue weighted by Gasteiger charge is -2.05. The van der Waals surface area contributed by atoms with Crippen LogP contribution < -0.4 is 5.32 Å². The number of unbranched alkanes of at least 4 members (excludes halogenated alkanes) is 1. The van der Waals surface area contributed by atoms with Gasteiger partial charge in [-0.2, -0.15) is 0 Å². The smallest absolute Gasteiger partial charge is 0.338 e. The Morgan fingerprint density at radius 1 is 1.38 bits per heavy atom. The summed E-state index contributed by atoms with van der Waals surface area (Å²) in [7, 11) is 0. The third-order valence-corrected chi connectivity index (χ3v) is 2.80. The fourth-order valence-corrected chi connectivity index (χ4v) is 1.81. The highest BCUT2D eigenvalue weighted by atomic mass is 16.5. The van der Waals surface area contributed by atoms with Crippen molar-refractivity contribution in [3.63, 3.8) is 0 Å². The van der Waals surface area contributed by atoms with Crippen LogP contribution in [0.15, 0.2) is 18.2 Å². The van der Waals surface area contributed by atoms with E-state index in [1.807, 2.05) is 18.2 Å². The summed E-state index contributed by atoms with van der Waals surface area (Å²) in [6.45, 7) is 4.35. The third kappa shape index (κ3) is 2.42. The summed E-state index contributed by atoms with van der Waals surface area (Å²) in [4.78, 5) is 11.7. The maximum absolute atomic E-state index is 11.7. The molecule has 0 atom stereocenters. The van der Waals surface area contributed by atoms with Crippen molar-refractivity contribution in [2.75, 3.05) is 6.61 Å². The molecule has 0 saturated carbocycles. The van der Waals surface area contributed by atoms with Crippen molar-refractivity contribution in [2.24, 2.45) is 0 Å². The van der Waals surface area contributed by atoms with E-state index < -0.39 is 0 Å². The molecule has 0 saturated heterocycles. The minimum atomic E-state index is -0.205. The summed E-state index contributed by atoms with van der Waals surface area (Å²) < 4.78 is 5.17. The molecule has 86 valence electrons. The third-order valence-electron chi connectivity index (χ3n) is 2.80. The summed E-state index contributed by atoms with van der Waals surface area (Å²) in [6, 6.07) is 5.79. The molecule has 0 amide bonds. The first-order valence-corrected chi connectivity index (χ1v) is 5.81. The Kier molecular flexibility index (Phi) is 3.57. The van der Waals surface area contributed by atoms with Crippen LogP contribution in [0, 0.1) is 0 Å². The van der Waals surface area contributed by atoms with Crippen LogP contribution in [-0.4, -0.2) is 12.6 Å². The van der Waals surface area contributed by atoms with Gasteiger partial charge in [-0.05, 0) is 29.7 Å². The van der Waals surface area contributed by atoms with Gasteiger partial charge in [-0.1, -0.05) is 19.4 Å². The first-order valence-electron chi connectivity index (χ1n) is 5.81. The fourth-order valence-electron chi connectivity index (χ4n) is 1.81. The molecule has 0 aromatic heterocycles. The predicted molar refractivity (Wildman–Crippen MR) is 62.2 cm³/mol. The van der Waals surface area contributed by atoms with Gasteiger partial charge in [0.05, 0.1) is 12.2 Å². The van der Waals surface area contributed by atoms with Gasteiger partial charge in [0.15, 0.2) is 0 Å². The zero-order valence-electron chi connectivity index (χ0n) is 9.58. The number of carbonyl (C=O) groups excluding carboxylic acids is 1. The van der Waals surface area contributed by atoms with Gasteiger partial charge in [-0.15, -0.1) is 0 Å². The predicted octanol–water partition coefficient (Wildman–Crippen LogP) is 2.25. The Bertz CT molecular complexity index is 388. The molecule has 3 nitrogen and oxygen atoms in total. The molecule has 1 aliphatic heterocycles. The number of hydrogen-bond acceptors (Lipinski definition) is 3. The largest absolute Gasteiger partial charge is 0.462 e. The van der Waals surface area contributed by atoms with E-state index in [0.717, 1.165) is 25.9 Å². The number of esters is 1. The van der Waals surface area contributed by atoms with Crippen LogP contribution in [-0.2, 0) is 17.8 Å². The highest BCUT2D eigenvalue weighted by Crippen LogP contribution is 2.17. The molecular formula is C13H17NO2. The molecule has 0 spiro atoms. The summed E-state index contributed by atoms with van der Waals surface area (Å²) >= 11 is 0. The molecule has 0 radical (unpaired) electrons. The molecule has 16 heavy (non-hydrogen) atoms. The topological polar surface area (TPSA) is 38.3 Å². The SMILES string of the molecule is CCCCOC(=O)c1ccc2c(c1)CNC2. The van der Waals surface area contributed by atoms with Crippen molar-refractivity contribution in [1.29, 1.82) is 0 Å². The van der Waals surface area contributed by atoms with Gasteiger partial charge in [-0.25, -0.2) is 4.79 Å². The van der Waals surface area contributed by atoms with Gasteiger partial charge >= 0.3 is 5.97 Å². The number of rotatable bonds is 4. The minimum absolute atomic E-state index is 0.205. The molecule has 2 rings (SSSR count). The maximum Gasteiger partial charge on any atom is 0.338 e. The molecule has 3 heteroatoms. The number of ether oxygens (including phenoxy) is 1. The summed E-state index contributed by atoms with van der Waals surface area (Å²) in [6.07, 6.45) is 1.97. The van der Waals surface area contributed by atoms with E-state index >= 15 is 0 Å². The summed E-state index contributed by atoms with van der Waals surface area (Å²) in [5.41, 5.74) is 3.16. The number of nitrogens with one attached hydrogen (secondary N) is 1. The molecule has 0 bridgehead atoms. The first-order chi connectivity index (χ1) is 7.81. The summed E-state index contributed by atoms with van der Waals surface area (Å²) in [5, 5.41) is 3.25. The second kappa shape index (κ2) is 5.12. The highest BCUT2D eigenvalue weighted by molar-refractivity contribution is 5.89. The number of carbonyl (C=O) groups is 1. The van der Waals surface area contributed by atoms with E-state index in [1.54, 1.807) is 0 Å². The van der Waals surface area contributed by atoms with Crippen molar-refractivity contribution in [1.82, 2.24) is 5.32 Å². The number of fused-ring (bicyclic) bond motifs is 1. The Morgan fingerprint density at radius 2 is 2.19 bits per heavy atom. The van der Waals surface area contributed by atoms with E-state index in [1.165, 1.54) is 11.1 Å². The Balaban J connectivity index is 2.01. The van der Waals surface area contributed by atoms with Crippen LogP contribution in [0.3, 0.4) is 0 Å². The van der Waals surface area contributed by atoms with E-state index in [0.29, 0.717) is 12.2 Å². The highest BCUT2D eigenvalue weighted by Gasteiger charge is 2.13. The molecule has 1 N–H and O–H groups in total. The van der Waals surface area contributed by atoms with E-state index in [-0.39, 0.29) is 5.97 Å². The van der Waals surface area contributed by atoms with Crippen LogP contribution in [0.1, 0.15) is 41.3 Å². The van der Waals surface area contributed by atoms with Crippen LogP contribution in [0.25, 0.3) is 0 Å². The number of hydrogen-bond donors (Lipinski definition) is 1. The monoisotopic (exact) mass is 219 g/mol. The molecule has 0 unspecified atom stereocenters. The minimum Gasteiger partial charge on any atom is -0.462 e. The van der Waals surface area contributed by atoms with Gasteiger partial charge in [0.2, 0.25) is 0 Å². The maximum atomic E-state index is 11.7. The number of benzene rings is 1. The Hall–Kier alpha value is -1.35. The average Bonchev–Trinajstić information content (AvgIpc) is 2.76. The molecule has 1 aromatic carbocycles. The van der Waals surface area contributed by atoms with Crippen LogP contribution in [0.2, 0.25) is 0 Å². The molecule has 1 aliphatic rings. The summed E-state index contributed by atoms with van der Waals surface area (Å²) in [5.74, 6) is -0.205. The zero-order chi connectivity index (χ0) is 11.4. The van der Waals surface area contributed by atoms with Crippen LogP contribution >= 0.6 is 0 Å². The Labute approximate surface area is 95.8 Å². The van der Waals surface area contributed by atoms with Crippen molar-refractivity contribution in [2.45, 2.75) is 32.9 Å². The lowest BCUT2D eigenvalue weighted by Crippen LogP contribution is -2.06. The van der Waals surface area contributed by atoms with Crippen LogP contribution in [0.5, 0.6) is 0 Å². The van der Waals surface area contributed by atoms with Crippen molar-refractivity contribution in [3.8, 4) is 0 Å². The van der Waals surface area contributed by atoms with Crippen molar-refractivity contribution in [3.05, 3.63) is 34.9 Å². The van der Waals surface area contributed by atoms with E-state index in [4.69, 9.17) is 4.74 Å². The first kappa shape index (κ1) is 11.1. The Morgan fingerprint density at radius 3 is 3.00 bits per heavy atom. The average molecular weight is 219 g/mol. The van der Waals surface area contributed by atoms with Gasteiger partial charge in [0.1, 0.15) is 0 Å². The lowest BCUT2D eigenvalue weighted by molar-refractivity contribution is 0.0499. The lowest BCUT2D eigenvalue weighted by atomic mass is 10.1. The van der Waals surface area contributed by atoms with Gasteiger partial charge < -0.3 is 10.1 Å². The zero-order valence-corrected chi connectivity index (χ0v) is 9.58. The van der Waals surface area contributed by atoms with Crippen LogP contribution in [0.4, 0.5) is 0 Å². The molecule has 1 aromatic rings. The van der Waals surface area contributed by atoms with Crippen molar-refractivity contribution < 1.29 is 9.53 Å². The van der Waals surface area contributed by atoms with Gasteiger partial charge in [0, 0.05) is 13.1 Å². The fraction of sp³-hybridized carbons (Fsp3) is 0.462.